The molecule has 0 aliphatic carbocycles. The van der Waals surface area contributed by atoms with Gasteiger partial charge in [-0.05, 0) is 35.4 Å². The summed E-state index contributed by atoms with van der Waals surface area (Å²) in [4.78, 5) is 4.23. The van der Waals surface area contributed by atoms with E-state index in [2.05, 4.69) is 52.7 Å². The Morgan fingerprint density at radius 3 is 2.42 bits per heavy atom. The van der Waals surface area contributed by atoms with E-state index in [1.807, 2.05) is 51.7 Å². The number of benzene rings is 3. The molecular formula is C26H21N7. The van der Waals surface area contributed by atoms with E-state index in [1.165, 1.54) is 11.9 Å². The highest BCUT2D eigenvalue weighted by atomic mass is 15.3. The van der Waals surface area contributed by atoms with Gasteiger partial charge in [-0.1, -0.05) is 54.6 Å². The summed E-state index contributed by atoms with van der Waals surface area (Å²) in [7, 11) is 0. The zero-order chi connectivity index (χ0) is 22.4. The van der Waals surface area contributed by atoms with Crippen molar-refractivity contribution in [1.29, 1.82) is 0 Å². The fourth-order valence-corrected chi connectivity index (χ4v) is 4.23. The highest BCUT2D eigenvalue weighted by molar-refractivity contribution is 5.95. The number of anilines is 2. The molecule has 0 radical (unpaired) electrons. The molecule has 0 saturated carbocycles. The molecule has 33 heavy (non-hydrogen) atoms. The van der Waals surface area contributed by atoms with E-state index in [0.29, 0.717) is 11.5 Å². The lowest BCUT2D eigenvalue weighted by atomic mass is 10.0. The van der Waals surface area contributed by atoms with Crippen molar-refractivity contribution in [3.63, 3.8) is 0 Å². The lowest BCUT2D eigenvalue weighted by molar-refractivity contribution is 0.696. The van der Waals surface area contributed by atoms with E-state index in [1.54, 1.807) is 0 Å². The van der Waals surface area contributed by atoms with Gasteiger partial charge in [0.2, 0.25) is 0 Å². The van der Waals surface area contributed by atoms with Crippen LogP contribution in [-0.4, -0.2) is 24.4 Å². The number of rotatable bonds is 4. The lowest BCUT2D eigenvalue weighted by Gasteiger charge is -2.04. The van der Waals surface area contributed by atoms with Crippen molar-refractivity contribution in [3.05, 3.63) is 97.0 Å². The maximum Gasteiger partial charge on any atom is 0.152 e. The molecule has 3 aromatic carbocycles. The fraction of sp³-hybridized carbons (Fsp3) is 0.0385. The third-order valence-electron chi connectivity index (χ3n) is 5.84. The average molecular weight is 432 g/mol. The smallest absolute Gasteiger partial charge is 0.152 e. The summed E-state index contributed by atoms with van der Waals surface area (Å²) in [5, 5.41) is 10.4. The molecule has 4 N–H and O–H groups in total. The zero-order valence-electron chi connectivity index (χ0n) is 17.8. The quantitative estimate of drug-likeness (QED) is 0.397. The predicted octanol–water partition coefficient (Wildman–Crippen LogP) is 4.63. The van der Waals surface area contributed by atoms with E-state index in [4.69, 9.17) is 16.6 Å². The number of nitrogens with two attached hydrogens (primary N) is 2. The molecule has 6 rings (SSSR count). The van der Waals surface area contributed by atoms with Crippen molar-refractivity contribution in [1.82, 2.24) is 24.4 Å². The van der Waals surface area contributed by atoms with E-state index in [-0.39, 0.29) is 0 Å². The van der Waals surface area contributed by atoms with Gasteiger partial charge in [0, 0.05) is 28.4 Å². The maximum atomic E-state index is 6.30. The van der Waals surface area contributed by atoms with Crippen LogP contribution in [0.4, 0.5) is 11.5 Å². The van der Waals surface area contributed by atoms with E-state index in [9.17, 15) is 0 Å². The molecule has 160 valence electrons. The molecule has 0 saturated heterocycles. The van der Waals surface area contributed by atoms with Crippen LogP contribution in [0.1, 0.15) is 5.56 Å². The summed E-state index contributed by atoms with van der Waals surface area (Å²) in [5.41, 5.74) is 19.7. The molecule has 0 unspecified atom stereocenters. The van der Waals surface area contributed by atoms with Crippen molar-refractivity contribution in [3.8, 4) is 22.4 Å². The van der Waals surface area contributed by atoms with Crippen LogP contribution in [0.15, 0.2) is 91.4 Å². The highest BCUT2D eigenvalue weighted by Crippen LogP contribution is 2.35. The molecule has 0 bridgehead atoms. The number of hydrogen-bond donors (Lipinski definition) is 2. The Hall–Kier alpha value is -4.65. The second kappa shape index (κ2) is 7.49. The monoisotopic (exact) mass is 431 g/mol. The highest BCUT2D eigenvalue weighted by Gasteiger charge is 2.17. The largest absolute Gasteiger partial charge is 0.399 e. The standard InChI is InChI=1S/C26H21N7/c27-21-10-8-18(9-11-21)24-13-22(25-26(28)29-16-30-33(24)25)19-6-7-20-15-32(31-23(20)12-19)14-17-4-2-1-3-5-17/h1-13,15-16H,14,27H2,(H2,28,29,30). The molecule has 3 aromatic heterocycles. The Morgan fingerprint density at radius 1 is 0.818 bits per heavy atom. The van der Waals surface area contributed by atoms with Crippen LogP contribution < -0.4 is 11.5 Å². The molecule has 0 aliphatic rings. The number of fused-ring (bicyclic) bond motifs is 2. The van der Waals surface area contributed by atoms with Crippen LogP contribution in [0.5, 0.6) is 0 Å². The van der Waals surface area contributed by atoms with E-state index < -0.39 is 0 Å². The molecule has 0 spiro atoms. The Bertz CT molecular complexity index is 1600. The number of nitrogen functional groups attached to an aromatic ring is 2. The van der Waals surface area contributed by atoms with Gasteiger partial charge in [0.05, 0.1) is 17.8 Å². The van der Waals surface area contributed by atoms with Crippen LogP contribution in [-0.2, 0) is 6.54 Å². The molecule has 7 heteroatoms. The van der Waals surface area contributed by atoms with Gasteiger partial charge in [0.25, 0.3) is 0 Å². The van der Waals surface area contributed by atoms with Crippen LogP contribution >= 0.6 is 0 Å². The second-order valence-corrected chi connectivity index (χ2v) is 8.06. The van der Waals surface area contributed by atoms with E-state index in [0.717, 1.165) is 45.3 Å². The first-order chi connectivity index (χ1) is 16.2. The van der Waals surface area contributed by atoms with Gasteiger partial charge in [0.15, 0.2) is 5.82 Å². The first-order valence-electron chi connectivity index (χ1n) is 10.7. The zero-order valence-corrected chi connectivity index (χ0v) is 17.8. The number of aromatic nitrogens is 5. The predicted molar refractivity (Wildman–Crippen MR) is 132 cm³/mol. The van der Waals surface area contributed by atoms with Crippen molar-refractivity contribution in [2.45, 2.75) is 6.54 Å². The van der Waals surface area contributed by atoms with Gasteiger partial charge in [-0.15, -0.1) is 0 Å². The average Bonchev–Trinajstić information content (AvgIpc) is 3.41. The van der Waals surface area contributed by atoms with Gasteiger partial charge in [0.1, 0.15) is 11.8 Å². The minimum Gasteiger partial charge on any atom is -0.399 e. The van der Waals surface area contributed by atoms with E-state index >= 15 is 0 Å². The summed E-state index contributed by atoms with van der Waals surface area (Å²) < 4.78 is 3.81. The minimum atomic E-state index is 0.427. The summed E-state index contributed by atoms with van der Waals surface area (Å²) >= 11 is 0. The Kier molecular flexibility index (Phi) is 4.33. The molecule has 0 aliphatic heterocycles. The Labute approximate surface area is 189 Å². The fourth-order valence-electron chi connectivity index (χ4n) is 4.23. The molecule has 0 atom stereocenters. The van der Waals surface area contributed by atoms with Crippen LogP contribution in [0.25, 0.3) is 38.8 Å². The number of hydrogen-bond acceptors (Lipinski definition) is 5. The normalized spacial score (nSPS) is 11.4. The molecule has 0 amide bonds. The van der Waals surface area contributed by atoms with Gasteiger partial charge < -0.3 is 11.5 Å². The molecule has 0 fully saturated rings. The summed E-state index contributed by atoms with van der Waals surface area (Å²) in [6, 6.07) is 26.4. The molecule has 3 heterocycles. The SMILES string of the molecule is Nc1ccc(-c2cc(-c3ccc4cn(Cc5ccccc5)nc4c3)c3c(N)ncnn23)cc1. The molecule has 6 aromatic rings. The van der Waals surface area contributed by atoms with Crippen LogP contribution in [0, 0.1) is 0 Å². The summed E-state index contributed by atoms with van der Waals surface area (Å²) in [5.74, 6) is 0.427. The summed E-state index contributed by atoms with van der Waals surface area (Å²) in [6.45, 7) is 0.724. The second-order valence-electron chi connectivity index (χ2n) is 8.06. The van der Waals surface area contributed by atoms with Crippen molar-refractivity contribution < 1.29 is 0 Å². The van der Waals surface area contributed by atoms with Crippen molar-refractivity contribution in [2.75, 3.05) is 11.5 Å². The minimum absolute atomic E-state index is 0.427. The Morgan fingerprint density at radius 2 is 1.61 bits per heavy atom. The molecular weight excluding hydrogens is 410 g/mol. The van der Waals surface area contributed by atoms with Gasteiger partial charge in [-0.25, -0.2) is 9.50 Å². The first-order valence-corrected chi connectivity index (χ1v) is 10.7. The Balaban J connectivity index is 1.47. The molecule has 7 nitrogen and oxygen atoms in total. The first kappa shape index (κ1) is 19.1. The van der Waals surface area contributed by atoms with Crippen LogP contribution in [0.2, 0.25) is 0 Å². The third kappa shape index (κ3) is 3.36. The van der Waals surface area contributed by atoms with Crippen molar-refractivity contribution in [2.24, 2.45) is 0 Å². The van der Waals surface area contributed by atoms with Gasteiger partial charge in [-0.3, -0.25) is 4.68 Å². The summed E-state index contributed by atoms with van der Waals surface area (Å²) in [6.07, 6.45) is 3.54. The van der Waals surface area contributed by atoms with Crippen LogP contribution in [0.3, 0.4) is 0 Å². The van der Waals surface area contributed by atoms with Gasteiger partial charge >= 0.3 is 0 Å². The lowest BCUT2D eigenvalue weighted by Crippen LogP contribution is -2.00. The van der Waals surface area contributed by atoms with Gasteiger partial charge in [-0.2, -0.15) is 10.2 Å². The topological polar surface area (TPSA) is 100 Å². The maximum absolute atomic E-state index is 6.30. The number of nitrogens with zero attached hydrogens (tertiary/aromatic N) is 5. The third-order valence-corrected chi connectivity index (χ3v) is 5.84. The van der Waals surface area contributed by atoms with Crippen molar-refractivity contribution >= 4 is 27.9 Å².